The Morgan fingerprint density at radius 1 is 1.17 bits per heavy atom. The number of hydrogen-bond acceptors (Lipinski definition) is 7. The Labute approximate surface area is 183 Å². The molecule has 4 rings (SSSR count). The highest BCUT2D eigenvalue weighted by Gasteiger charge is 2.23. The molecule has 0 bridgehead atoms. The zero-order chi connectivity index (χ0) is 21.1. The molecule has 0 unspecified atom stereocenters. The summed E-state index contributed by atoms with van der Waals surface area (Å²) in [6.07, 6.45) is 0. The molecule has 1 aliphatic heterocycles. The van der Waals surface area contributed by atoms with E-state index in [0.29, 0.717) is 16.1 Å². The largest absolute Gasteiger partial charge is 0.465 e. The number of benzene rings is 1. The molecule has 156 valence electrons. The number of thiophene rings is 1. The van der Waals surface area contributed by atoms with E-state index in [0.717, 1.165) is 52.6 Å². The van der Waals surface area contributed by atoms with Crippen LogP contribution in [0.4, 0.5) is 5.69 Å². The third-order valence-electron chi connectivity index (χ3n) is 5.10. The van der Waals surface area contributed by atoms with Crippen molar-refractivity contribution in [1.82, 2.24) is 9.88 Å². The van der Waals surface area contributed by atoms with Crippen molar-refractivity contribution < 1.29 is 14.3 Å². The minimum atomic E-state index is -0.479. The molecular formula is C22H23N3O3S2. The molecule has 1 fully saturated rings. The second kappa shape index (κ2) is 9.16. The highest BCUT2D eigenvalue weighted by Crippen LogP contribution is 2.36. The summed E-state index contributed by atoms with van der Waals surface area (Å²) < 4.78 is 4.95. The van der Waals surface area contributed by atoms with E-state index in [9.17, 15) is 9.59 Å². The van der Waals surface area contributed by atoms with Gasteiger partial charge in [-0.2, -0.15) is 11.8 Å². The summed E-state index contributed by atoms with van der Waals surface area (Å²) in [4.78, 5) is 33.5. The van der Waals surface area contributed by atoms with Gasteiger partial charge in [-0.15, -0.1) is 11.3 Å². The molecule has 1 aliphatic rings. The number of methoxy groups -OCH3 is 1. The fraction of sp³-hybridized carbons (Fsp3) is 0.318. The summed E-state index contributed by atoms with van der Waals surface area (Å²) in [6, 6.07) is 11.3. The van der Waals surface area contributed by atoms with Crippen LogP contribution in [0, 0.1) is 6.92 Å². The van der Waals surface area contributed by atoms with Gasteiger partial charge in [0.25, 0.3) is 5.91 Å². The zero-order valence-electron chi connectivity index (χ0n) is 16.9. The maximum atomic E-state index is 12.9. The first-order valence-electron chi connectivity index (χ1n) is 9.74. The summed E-state index contributed by atoms with van der Waals surface area (Å²) in [6.45, 7) is 4.78. The quantitative estimate of drug-likeness (QED) is 0.599. The number of aryl methyl sites for hydroxylation is 1. The average molecular weight is 442 g/mol. The number of pyridine rings is 1. The standard InChI is InChI=1S/C22H23N3O3S2/c1-14-5-3-4-6-16(14)20(26)24-18-17-8-7-15(13-25-9-11-29-12-10-25)23-21(17)30-19(18)22(27)28-2/h3-8H,9-13H2,1-2H3,(H,24,26). The Bertz CT molecular complexity index is 1090. The Morgan fingerprint density at radius 2 is 1.93 bits per heavy atom. The lowest BCUT2D eigenvalue weighted by Crippen LogP contribution is -2.32. The number of aromatic nitrogens is 1. The van der Waals surface area contributed by atoms with Gasteiger partial charge >= 0.3 is 5.97 Å². The summed E-state index contributed by atoms with van der Waals surface area (Å²) >= 11 is 3.23. The van der Waals surface area contributed by atoms with Gasteiger partial charge < -0.3 is 10.1 Å². The minimum Gasteiger partial charge on any atom is -0.465 e. The Kier molecular flexibility index (Phi) is 6.36. The summed E-state index contributed by atoms with van der Waals surface area (Å²) in [5.74, 6) is 1.55. The molecule has 3 heterocycles. The zero-order valence-corrected chi connectivity index (χ0v) is 18.6. The number of ether oxygens (including phenoxy) is 1. The van der Waals surface area contributed by atoms with Crippen molar-refractivity contribution in [2.75, 3.05) is 37.0 Å². The van der Waals surface area contributed by atoms with Gasteiger partial charge in [0.1, 0.15) is 9.71 Å². The van der Waals surface area contributed by atoms with Gasteiger partial charge in [0.15, 0.2) is 0 Å². The van der Waals surface area contributed by atoms with Gasteiger partial charge in [-0.1, -0.05) is 18.2 Å². The number of nitrogens with zero attached hydrogens (tertiary/aromatic N) is 2. The molecule has 2 aromatic heterocycles. The molecule has 0 radical (unpaired) electrons. The molecule has 0 saturated carbocycles. The highest BCUT2D eigenvalue weighted by atomic mass is 32.2. The van der Waals surface area contributed by atoms with Crippen molar-refractivity contribution in [3.8, 4) is 0 Å². The predicted octanol–water partition coefficient (Wildman–Crippen LogP) is 4.19. The van der Waals surface area contributed by atoms with Gasteiger partial charge in [-0.05, 0) is 30.7 Å². The van der Waals surface area contributed by atoms with Gasteiger partial charge in [-0.3, -0.25) is 9.69 Å². The predicted molar refractivity (Wildman–Crippen MR) is 123 cm³/mol. The number of rotatable bonds is 5. The monoisotopic (exact) mass is 441 g/mol. The van der Waals surface area contributed by atoms with Crippen LogP contribution in [0.5, 0.6) is 0 Å². The maximum absolute atomic E-state index is 12.9. The first-order chi connectivity index (χ1) is 14.6. The SMILES string of the molecule is COC(=O)c1sc2nc(CN3CCSCC3)ccc2c1NC(=O)c1ccccc1C. The lowest BCUT2D eigenvalue weighted by molar-refractivity contribution is 0.0607. The molecule has 8 heteroatoms. The fourth-order valence-corrected chi connectivity index (χ4v) is 5.51. The van der Waals surface area contributed by atoms with Gasteiger partial charge in [-0.25, -0.2) is 9.78 Å². The Hall–Kier alpha value is -2.42. The third kappa shape index (κ3) is 4.35. The summed E-state index contributed by atoms with van der Waals surface area (Å²) in [5, 5.41) is 3.67. The van der Waals surface area contributed by atoms with Crippen LogP contribution in [0.25, 0.3) is 10.2 Å². The number of carbonyl (C=O) groups is 2. The van der Waals surface area contributed by atoms with E-state index in [4.69, 9.17) is 9.72 Å². The van der Waals surface area contributed by atoms with E-state index in [-0.39, 0.29) is 5.91 Å². The number of carbonyl (C=O) groups excluding carboxylic acids is 2. The molecule has 0 aliphatic carbocycles. The summed E-state index contributed by atoms with van der Waals surface area (Å²) in [7, 11) is 1.34. The number of thioether (sulfide) groups is 1. The first-order valence-corrected chi connectivity index (χ1v) is 11.7. The molecule has 0 atom stereocenters. The average Bonchev–Trinajstić information content (AvgIpc) is 3.11. The van der Waals surface area contributed by atoms with Crippen LogP contribution >= 0.6 is 23.1 Å². The van der Waals surface area contributed by atoms with E-state index in [1.807, 2.05) is 49.0 Å². The number of esters is 1. The topological polar surface area (TPSA) is 71.5 Å². The summed E-state index contributed by atoms with van der Waals surface area (Å²) in [5.41, 5.74) is 2.86. The second-order valence-electron chi connectivity index (χ2n) is 7.11. The van der Waals surface area contributed by atoms with Crippen molar-refractivity contribution in [2.45, 2.75) is 13.5 Å². The molecule has 0 spiro atoms. The molecule has 1 saturated heterocycles. The Balaban J connectivity index is 1.67. The minimum absolute atomic E-state index is 0.257. The lowest BCUT2D eigenvalue weighted by atomic mass is 10.1. The molecule has 1 aromatic carbocycles. The smallest absolute Gasteiger partial charge is 0.350 e. The normalized spacial score (nSPS) is 14.6. The fourth-order valence-electron chi connectivity index (χ4n) is 3.46. The van der Waals surface area contributed by atoms with Crippen LogP contribution in [-0.4, -0.2) is 53.5 Å². The first kappa shape index (κ1) is 20.8. The number of hydrogen-bond donors (Lipinski definition) is 1. The van der Waals surface area contributed by atoms with Crippen molar-refractivity contribution >= 4 is 50.9 Å². The number of nitrogens with one attached hydrogen (secondary N) is 1. The van der Waals surface area contributed by atoms with E-state index in [1.165, 1.54) is 18.4 Å². The lowest BCUT2D eigenvalue weighted by Gasteiger charge is -2.25. The van der Waals surface area contributed by atoms with Crippen LogP contribution in [0.2, 0.25) is 0 Å². The number of amides is 1. The number of fused-ring (bicyclic) bond motifs is 1. The van der Waals surface area contributed by atoms with Gasteiger partial charge in [0.05, 0.1) is 18.5 Å². The Morgan fingerprint density at radius 3 is 2.67 bits per heavy atom. The van der Waals surface area contributed by atoms with E-state index < -0.39 is 5.97 Å². The van der Waals surface area contributed by atoms with Crippen LogP contribution in [0.3, 0.4) is 0 Å². The van der Waals surface area contributed by atoms with Crippen LogP contribution in [0.15, 0.2) is 36.4 Å². The molecular weight excluding hydrogens is 418 g/mol. The van der Waals surface area contributed by atoms with Crippen molar-refractivity contribution in [1.29, 1.82) is 0 Å². The molecule has 6 nitrogen and oxygen atoms in total. The molecule has 1 N–H and O–H groups in total. The van der Waals surface area contributed by atoms with Crippen molar-refractivity contribution in [2.24, 2.45) is 0 Å². The number of anilines is 1. The van der Waals surface area contributed by atoms with E-state index in [2.05, 4.69) is 10.2 Å². The van der Waals surface area contributed by atoms with Crippen LogP contribution in [-0.2, 0) is 11.3 Å². The van der Waals surface area contributed by atoms with E-state index in [1.54, 1.807) is 6.07 Å². The molecule has 1 amide bonds. The maximum Gasteiger partial charge on any atom is 0.350 e. The van der Waals surface area contributed by atoms with Gasteiger partial charge in [0.2, 0.25) is 0 Å². The molecule has 3 aromatic rings. The third-order valence-corrected chi connectivity index (χ3v) is 7.12. The van der Waals surface area contributed by atoms with Crippen LogP contribution in [0.1, 0.15) is 31.3 Å². The van der Waals surface area contributed by atoms with Crippen molar-refractivity contribution in [3.63, 3.8) is 0 Å². The van der Waals surface area contributed by atoms with Crippen molar-refractivity contribution in [3.05, 3.63) is 58.1 Å². The molecule has 30 heavy (non-hydrogen) atoms. The van der Waals surface area contributed by atoms with E-state index >= 15 is 0 Å². The second-order valence-corrected chi connectivity index (χ2v) is 9.33. The van der Waals surface area contributed by atoms with Crippen LogP contribution < -0.4 is 5.32 Å². The van der Waals surface area contributed by atoms with Gasteiger partial charge in [0, 0.05) is 42.1 Å². The highest BCUT2D eigenvalue weighted by molar-refractivity contribution is 7.99.